The lowest BCUT2D eigenvalue weighted by Gasteiger charge is -2.29. The number of para-hydroxylation sites is 1. The Labute approximate surface area is 140 Å². The van der Waals surface area contributed by atoms with E-state index in [4.69, 9.17) is 9.84 Å². The van der Waals surface area contributed by atoms with E-state index in [1.54, 1.807) is 17.0 Å². The number of carboxylic acid groups (broad SMARTS) is 1. The molecular formula is C16H14F3N3O3. The van der Waals surface area contributed by atoms with Crippen molar-refractivity contribution < 1.29 is 27.8 Å². The zero-order valence-electron chi connectivity index (χ0n) is 13.0. The van der Waals surface area contributed by atoms with Crippen molar-refractivity contribution in [3.8, 4) is 5.88 Å². The zero-order chi connectivity index (χ0) is 18.0. The number of benzene rings is 1. The molecule has 0 radical (unpaired) electrons. The van der Waals surface area contributed by atoms with Crippen LogP contribution in [0, 0.1) is 0 Å². The molecule has 9 heteroatoms. The maximum atomic E-state index is 13.1. The molecule has 2 heterocycles. The summed E-state index contributed by atoms with van der Waals surface area (Å²) in [7, 11) is 0. The highest BCUT2D eigenvalue weighted by molar-refractivity contribution is 5.68. The van der Waals surface area contributed by atoms with Gasteiger partial charge in [0.05, 0.1) is 0 Å². The van der Waals surface area contributed by atoms with E-state index in [9.17, 15) is 18.0 Å². The minimum atomic E-state index is -4.70. The average molecular weight is 353 g/mol. The van der Waals surface area contributed by atoms with Crippen LogP contribution in [0.25, 0.3) is 0 Å². The number of alkyl halides is 3. The number of ether oxygens (including phenoxy) is 1. The number of carbonyl (C=O) groups is 1. The number of hydrogen-bond acceptors (Lipinski definition) is 5. The Morgan fingerprint density at radius 2 is 2.04 bits per heavy atom. The molecule has 25 heavy (non-hydrogen) atoms. The molecule has 0 saturated heterocycles. The summed E-state index contributed by atoms with van der Waals surface area (Å²) in [6.45, 7) is -0.332. The van der Waals surface area contributed by atoms with Gasteiger partial charge in [-0.25, -0.2) is 9.78 Å². The topological polar surface area (TPSA) is 75.6 Å². The SMILES string of the molecule is O=C(O)COc1cc(C(F)(F)F)nc(N2CCCc3ccccc32)n1. The van der Waals surface area contributed by atoms with Gasteiger partial charge in [0.25, 0.3) is 0 Å². The number of rotatable bonds is 4. The van der Waals surface area contributed by atoms with Crippen LogP contribution in [0.3, 0.4) is 0 Å². The van der Waals surface area contributed by atoms with Gasteiger partial charge in [-0.05, 0) is 24.5 Å². The predicted octanol–water partition coefficient (Wildman–Crippen LogP) is 3.04. The second kappa shape index (κ2) is 6.58. The number of anilines is 2. The van der Waals surface area contributed by atoms with Crippen molar-refractivity contribution in [2.24, 2.45) is 0 Å². The summed E-state index contributed by atoms with van der Waals surface area (Å²) in [5.74, 6) is -1.90. The number of halogens is 3. The van der Waals surface area contributed by atoms with E-state index in [2.05, 4.69) is 9.97 Å². The molecule has 2 aromatic rings. The highest BCUT2D eigenvalue weighted by atomic mass is 19.4. The molecule has 1 aliphatic rings. The number of hydrogen-bond donors (Lipinski definition) is 1. The molecule has 0 amide bonds. The smallest absolute Gasteiger partial charge is 0.433 e. The maximum Gasteiger partial charge on any atom is 0.433 e. The van der Waals surface area contributed by atoms with Gasteiger partial charge in [0, 0.05) is 18.3 Å². The molecule has 0 bridgehead atoms. The van der Waals surface area contributed by atoms with Crippen molar-refractivity contribution in [2.45, 2.75) is 19.0 Å². The molecule has 6 nitrogen and oxygen atoms in total. The first-order valence-corrected chi connectivity index (χ1v) is 7.51. The van der Waals surface area contributed by atoms with Gasteiger partial charge >= 0.3 is 12.1 Å². The fraction of sp³-hybridized carbons (Fsp3) is 0.312. The third kappa shape index (κ3) is 3.81. The molecule has 1 aromatic heterocycles. The minimum absolute atomic E-state index is 0.164. The number of aliphatic carboxylic acids is 1. The second-order valence-corrected chi connectivity index (χ2v) is 5.46. The molecular weight excluding hydrogens is 339 g/mol. The van der Waals surface area contributed by atoms with Crippen LogP contribution in [0.2, 0.25) is 0 Å². The Bertz CT molecular complexity index is 796. The van der Waals surface area contributed by atoms with E-state index in [0.717, 1.165) is 24.1 Å². The summed E-state index contributed by atoms with van der Waals surface area (Å²) in [6.07, 6.45) is -3.15. The van der Waals surface area contributed by atoms with E-state index in [1.807, 2.05) is 12.1 Å². The first-order valence-electron chi connectivity index (χ1n) is 7.51. The van der Waals surface area contributed by atoms with Crippen molar-refractivity contribution in [3.63, 3.8) is 0 Å². The van der Waals surface area contributed by atoms with Crippen molar-refractivity contribution in [3.05, 3.63) is 41.6 Å². The third-order valence-electron chi connectivity index (χ3n) is 3.68. The molecule has 0 spiro atoms. The number of carboxylic acids is 1. The lowest BCUT2D eigenvalue weighted by atomic mass is 10.0. The summed E-state index contributed by atoms with van der Waals surface area (Å²) >= 11 is 0. The number of nitrogens with zero attached hydrogens (tertiary/aromatic N) is 3. The summed E-state index contributed by atoms with van der Waals surface area (Å²) in [4.78, 5) is 19.8. The summed E-state index contributed by atoms with van der Waals surface area (Å²) < 4.78 is 44.2. The Balaban J connectivity index is 2.03. The lowest BCUT2D eigenvalue weighted by molar-refractivity contribution is -0.141. The molecule has 3 rings (SSSR count). The highest BCUT2D eigenvalue weighted by Crippen LogP contribution is 2.35. The summed E-state index contributed by atoms with van der Waals surface area (Å²) in [5, 5.41) is 8.65. The number of aromatic nitrogens is 2. The fourth-order valence-electron chi connectivity index (χ4n) is 2.63. The molecule has 0 saturated carbocycles. The quantitative estimate of drug-likeness (QED) is 0.911. The maximum absolute atomic E-state index is 13.1. The predicted molar refractivity (Wildman–Crippen MR) is 81.9 cm³/mol. The molecule has 0 aliphatic carbocycles. The fourth-order valence-corrected chi connectivity index (χ4v) is 2.63. The van der Waals surface area contributed by atoms with Crippen LogP contribution < -0.4 is 9.64 Å². The van der Waals surface area contributed by atoms with E-state index in [-0.39, 0.29) is 5.95 Å². The van der Waals surface area contributed by atoms with Crippen molar-refractivity contribution in [1.82, 2.24) is 9.97 Å². The van der Waals surface area contributed by atoms with Gasteiger partial charge in [0.2, 0.25) is 11.8 Å². The van der Waals surface area contributed by atoms with E-state index < -0.39 is 30.3 Å². The van der Waals surface area contributed by atoms with E-state index in [0.29, 0.717) is 12.6 Å². The zero-order valence-corrected chi connectivity index (χ0v) is 13.0. The first-order chi connectivity index (χ1) is 11.8. The number of aryl methyl sites for hydroxylation is 1. The van der Waals surface area contributed by atoms with Gasteiger partial charge in [-0.15, -0.1) is 0 Å². The van der Waals surface area contributed by atoms with Crippen LogP contribution in [0.1, 0.15) is 17.7 Å². The lowest BCUT2D eigenvalue weighted by Crippen LogP contribution is -2.27. The second-order valence-electron chi connectivity index (χ2n) is 5.46. The monoisotopic (exact) mass is 353 g/mol. The Hall–Kier alpha value is -2.84. The minimum Gasteiger partial charge on any atom is -0.479 e. The average Bonchev–Trinajstić information content (AvgIpc) is 2.58. The highest BCUT2D eigenvalue weighted by Gasteiger charge is 2.35. The van der Waals surface area contributed by atoms with E-state index in [1.165, 1.54) is 0 Å². The first kappa shape index (κ1) is 17.0. The number of fused-ring (bicyclic) bond motifs is 1. The van der Waals surface area contributed by atoms with Gasteiger partial charge < -0.3 is 14.7 Å². The largest absolute Gasteiger partial charge is 0.479 e. The molecule has 1 N–H and O–H groups in total. The van der Waals surface area contributed by atoms with Crippen molar-refractivity contribution in [1.29, 1.82) is 0 Å². The van der Waals surface area contributed by atoms with Crippen LogP contribution in [0.4, 0.5) is 24.8 Å². The van der Waals surface area contributed by atoms with Gasteiger partial charge in [0.15, 0.2) is 12.3 Å². The van der Waals surface area contributed by atoms with Crippen molar-refractivity contribution in [2.75, 3.05) is 18.1 Å². The molecule has 0 fully saturated rings. The van der Waals surface area contributed by atoms with Crippen LogP contribution in [-0.2, 0) is 17.4 Å². The molecule has 132 valence electrons. The molecule has 0 unspecified atom stereocenters. The van der Waals surface area contributed by atoms with Crippen LogP contribution in [0.5, 0.6) is 5.88 Å². The Morgan fingerprint density at radius 3 is 2.76 bits per heavy atom. The molecule has 1 aromatic carbocycles. The van der Waals surface area contributed by atoms with Crippen LogP contribution in [-0.4, -0.2) is 34.2 Å². The van der Waals surface area contributed by atoms with Gasteiger partial charge in [0.1, 0.15) is 0 Å². The Morgan fingerprint density at radius 1 is 1.28 bits per heavy atom. The Kier molecular flexibility index (Phi) is 4.47. The molecule has 0 atom stereocenters. The van der Waals surface area contributed by atoms with E-state index >= 15 is 0 Å². The van der Waals surface area contributed by atoms with Gasteiger partial charge in [-0.1, -0.05) is 18.2 Å². The normalized spacial score (nSPS) is 14.1. The standard InChI is InChI=1S/C16H14F3N3O3/c17-16(18,19)12-8-13(25-9-14(23)24)21-15(20-12)22-7-3-5-10-4-1-2-6-11(10)22/h1-2,4,6,8H,3,5,7,9H2,(H,23,24). The van der Waals surface area contributed by atoms with Crippen LogP contribution >= 0.6 is 0 Å². The summed E-state index contributed by atoms with van der Waals surface area (Å²) in [6, 6.07) is 7.93. The molecule has 1 aliphatic heterocycles. The van der Waals surface area contributed by atoms with Gasteiger partial charge in [-0.2, -0.15) is 18.2 Å². The third-order valence-corrected chi connectivity index (χ3v) is 3.68. The van der Waals surface area contributed by atoms with Gasteiger partial charge in [-0.3, -0.25) is 0 Å². The van der Waals surface area contributed by atoms with Crippen molar-refractivity contribution >= 4 is 17.6 Å². The summed E-state index contributed by atoms with van der Waals surface area (Å²) in [5.41, 5.74) is 0.543. The van der Waals surface area contributed by atoms with Crippen LogP contribution in [0.15, 0.2) is 30.3 Å².